The minimum Gasteiger partial charge on any atom is -0.478 e. The molecule has 122 valence electrons. The molecule has 1 aliphatic carbocycles. The second kappa shape index (κ2) is 6.66. The van der Waals surface area contributed by atoms with Crippen LogP contribution >= 0.6 is 11.3 Å². The van der Waals surface area contributed by atoms with E-state index in [2.05, 4.69) is 5.10 Å². The van der Waals surface area contributed by atoms with E-state index < -0.39 is 5.97 Å². The van der Waals surface area contributed by atoms with Crippen molar-refractivity contribution in [2.75, 3.05) is 0 Å². The minimum absolute atomic E-state index is 0.335. The molecule has 0 amide bonds. The van der Waals surface area contributed by atoms with Crippen LogP contribution in [-0.2, 0) is 7.05 Å². The lowest BCUT2D eigenvalue weighted by Crippen LogP contribution is -2.18. The van der Waals surface area contributed by atoms with E-state index in [0.717, 1.165) is 20.9 Å². The molecule has 0 atom stereocenters. The molecule has 1 heterocycles. The fourth-order valence-corrected chi connectivity index (χ4v) is 3.94. The molecule has 1 N–H and O–H groups in total. The standard InChI is InChI=1S/C17H21N3O2S/c1-11-10-12(8-9-14(11)16(21)22)15-19-20(2)17(23-15)18-13-6-4-3-5-7-13/h8-10,13H,3-7H2,1-2H3,(H,21,22). The van der Waals surface area contributed by atoms with Gasteiger partial charge in [-0.15, -0.1) is 0 Å². The van der Waals surface area contributed by atoms with Crippen LogP contribution in [0.1, 0.15) is 48.0 Å². The summed E-state index contributed by atoms with van der Waals surface area (Å²) >= 11 is 1.57. The molecular weight excluding hydrogens is 310 g/mol. The van der Waals surface area contributed by atoms with E-state index >= 15 is 0 Å². The lowest BCUT2D eigenvalue weighted by atomic mass is 9.96. The molecule has 0 bridgehead atoms. The average molecular weight is 331 g/mol. The molecule has 23 heavy (non-hydrogen) atoms. The highest BCUT2D eigenvalue weighted by Gasteiger charge is 2.14. The SMILES string of the molecule is Cc1cc(-c2nn(C)c(=NC3CCCCC3)s2)ccc1C(=O)O. The molecule has 0 spiro atoms. The Bertz CT molecular complexity index is 785. The van der Waals surface area contributed by atoms with Crippen LogP contribution in [0.5, 0.6) is 0 Å². The van der Waals surface area contributed by atoms with Gasteiger partial charge in [0.05, 0.1) is 11.6 Å². The molecule has 0 saturated heterocycles. The van der Waals surface area contributed by atoms with Crippen molar-refractivity contribution in [3.05, 3.63) is 34.1 Å². The van der Waals surface area contributed by atoms with Gasteiger partial charge < -0.3 is 5.11 Å². The Morgan fingerprint density at radius 2 is 2.09 bits per heavy atom. The van der Waals surface area contributed by atoms with Crippen LogP contribution in [0.2, 0.25) is 0 Å². The number of hydrogen-bond donors (Lipinski definition) is 1. The zero-order valence-electron chi connectivity index (χ0n) is 13.5. The summed E-state index contributed by atoms with van der Waals surface area (Å²) in [6.07, 6.45) is 6.18. The van der Waals surface area contributed by atoms with Gasteiger partial charge in [0.1, 0.15) is 5.01 Å². The van der Waals surface area contributed by atoms with Crippen molar-refractivity contribution in [3.63, 3.8) is 0 Å². The van der Waals surface area contributed by atoms with E-state index in [0.29, 0.717) is 11.6 Å². The molecule has 1 aliphatic rings. The predicted molar refractivity (Wildman–Crippen MR) is 90.7 cm³/mol. The Balaban J connectivity index is 1.92. The number of benzene rings is 1. The summed E-state index contributed by atoms with van der Waals surface area (Å²) < 4.78 is 1.83. The number of carboxylic acid groups (broad SMARTS) is 1. The highest BCUT2D eigenvalue weighted by Crippen LogP contribution is 2.23. The van der Waals surface area contributed by atoms with Gasteiger partial charge in [-0.3, -0.25) is 4.99 Å². The minimum atomic E-state index is -0.897. The molecule has 1 fully saturated rings. The van der Waals surface area contributed by atoms with Crippen molar-refractivity contribution >= 4 is 17.3 Å². The maximum atomic E-state index is 11.1. The Labute approximate surface area is 139 Å². The summed E-state index contributed by atoms with van der Waals surface area (Å²) in [7, 11) is 1.92. The monoisotopic (exact) mass is 331 g/mol. The molecule has 0 unspecified atom stereocenters. The van der Waals surface area contributed by atoms with Crippen molar-refractivity contribution < 1.29 is 9.90 Å². The van der Waals surface area contributed by atoms with Gasteiger partial charge in [-0.2, -0.15) is 5.10 Å². The normalized spacial score (nSPS) is 16.7. The zero-order chi connectivity index (χ0) is 16.4. The summed E-state index contributed by atoms with van der Waals surface area (Å²) in [5.41, 5.74) is 2.03. The topological polar surface area (TPSA) is 67.5 Å². The van der Waals surface area contributed by atoms with Gasteiger partial charge in [0.15, 0.2) is 0 Å². The number of aromatic carboxylic acids is 1. The first-order valence-electron chi connectivity index (χ1n) is 7.97. The van der Waals surface area contributed by atoms with Crippen LogP contribution in [-0.4, -0.2) is 26.9 Å². The summed E-state index contributed by atoms with van der Waals surface area (Å²) in [5.74, 6) is -0.897. The van der Waals surface area contributed by atoms with Crippen molar-refractivity contribution in [3.8, 4) is 10.6 Å². The van der Waals surface area contributed by atoms with E-state index in [1.165, 1.54) is 32.1 Å². The maximum absolute atomic E-state index is 11.1. The third kappa shape index (κ3) is 3.52. The Morgan fingerprint density at radius 3 is 2.74 bits per heavy atom. The summed E-state index contributed by atoms with van der Waals surface area (Å²) in [5, 5.41) is 14.6. The quantitative estimate of drug-likeness (QED) is 0.937. The molecule has 2 aromatic rings. The van der Waals surface area contributed by atoms with E-state index in [-0.39, 0.29) is 0 Å². The average Bonchev–Trinajstić information content (AvgIpc) is 2.89. The predicted octanol–water partition coefficient (Wildman–Crippen LogP) is 3.39. The van der Waals surface area contributed by atoms with Gasteiger partial charge in [-0.05, 0) is 37.5 Å². The van der Waals surface area contributed by atoms with Crippen LogP contribution in [0.25, 0.3) is 10.6 Å². The summed E-state index contributed by atoms with van der Waals surface area (Å²) in [6, 6.07) is 5.76. The number of nitrogens with zero attached hydrogens (tertiary/aromatic N) is 3. The highest BCUT2D eigenvalue weighted by molar-refractivity contribution is 7.12. The van der Waals surface area contributed by atoms with Gasteiger partial charge in [-0.1, -0.05) is 36.7 Å². The Hall–Kier alpha value is -1.95. The van der Waals surface area contributed by atoms with Crippen molar-refractivity contribution in [1.29, 1.82) is 0 Å². The fourth-order valence-electron chi connectivity index (χ4n) is 2.98. The van der Waals surface area contributed by atoms with E-state index in [1.807, 2.05) is 30.8 Å². The molecular formula is C17H21N3O2S. The summed E-state index contributed by atoms with van der Waals surface area (Å²) in [6.45, 7) is 1.81. The van der Waals surface area contributed by atoms with Gasteiger partial charge in [0, 0.05) is 12.6 Å². The maximum Gasteiger partial charge on any atom is 0.335 e. The fraction of sp³-hybridized carbons (Fsp3) is 0.471. The van der Waals surface area contributed by atoms with Gasteiger partial charge in [0.2, 0.25) is 4.80 Å². The molecule has 0 aliphatic heterocycles. The largest absolute Gasteiger partial charge is 0.478 e. The van der Waals surface area contributed by atoms with Gasteiger partial charge in [-0.25, -0.2) is 9.48 Å². The Morgan fingerprint density at radius 1 is 1.35 bits per heavy atom. The van der Waals surface area contributed by atoms with Crippen LogP contribution in [0.4, 0.5) is 0 Å². The van der Waals surface area contributed by atoms with Gasteiger partial charge >= 0.3 is 5.97 Å². The summed E-state index contributed by atoms with van der Waals surface area (Å²) in [4.78, 5) is 16.9. The first-order valence-corrected chi connectivity index (χ1v) is 8.78. The smallest absolute Gasteiger partial charge is 0.335 e. The number of aromatic nitrogens is 2. The van der Waals surface area contributed by atoms with Crippen molar-refractivity contribution in [2.24, 2.45) is 12.0 Å². The molecule has 3 rings (SSSR count). The number of aryl methyl sites for hydroxylation is 2. The molecule has 1 aromatic heterocycles. The van der Waals surface area contributed by atoms with E-state index in [1.54, 1.807) is 17.4 Å². The van der Waals surface area contributed by atoms with Gasteiger partial charge in [0.25, 0.3) is 0 Å². The zero-order valence-corrected chi connectivity index (χ0v) is 14.3. The second-order valence-corrected chi connectivity index (χ2v) is 7.03. The van der Waals surface area contributed by atoms with Crippen LogP contribution in [0, 0.1) is 6.92 Å². The third-order valence-corrected chi connectivity index (χ3v) is 5.34. The first kappa shape index (κ1) is 15.9. The van der Waals surface area contributed by atoms with E-state index in [4.69, 9.17) is 10.1 Å². The Kier molecular flexibility index (Phi) is 4.61. The van der Waals surface area contributed by atoms with Crippen molar-refractivity contribution in [2.45, 2.75) is 45.1 Å². The lowest BCUT2D eigenvalue weighted by Gasteiger charge is -2.16. The number of hydrogen-bond acceptors (Lipinski definition) is 4. The molecule has 1 saturated carbocycles. The van der Waals surface area contributed by atoms with E-state index in [9.17, 15) is 4.79 Å². The lowest BCUT2D eigenvalue weighted by molar-refractivity contribution is 0.0696. The molecule has 1 aromatic carbocycles. The molecule has 6 heteroatoms. The third-order valence-electron chi connectivity index (χ3n) is 4.28. The molecule has 0 radical (unpaired) electrons. The molecule has 5 nitrogen and oxygen atoms in total. The second-order valence-electron chi connectivity index (χ2n) is 6.07. The number of rotatable bonds is 3. The number of carbonyl (C=O) groups is 1. The van der Waals surface area contributed by atoms with Crippen LogP contribution < -0.4 is 4.80 Å². The first-order chi connectivity index (χ1) is 11.0. The van der Waals surface area contributed by atoms with Crippen LogP contribution in [0.3, 0.4) is 0 Å². The number of carboxylic acids is 1. The highest BCUT2D eigenvalue weighted by atomic mass is 32.1. The van der Waals surface area contributed by atoms with Crippen molar-refractivity contribution in [1.82, 2.24) is 9.78 Å². The van der Waals surface area contributed by atoms with Crippen LogP contribution in [0.15, 0.2) is 23.2 Å².